The van der Waals surface area contributed by atoms with Crippen molar-refractivity contribution in [1.29, 1.82) is 0 Å². The number of benzene rings is 1. The lowest BCUT2D eigenvalue weighted by Crippen LogP contribution is -2.24. The Morgan fingerprint density at radius 3 is 2.54 bits per heavy atom. The van der Waals surface area contributed by atoms with Gasteiger partial charge in [-0.1, -0.05) is 6.42 Å². The van der Waals surface area contributed by atoms with E-state index >= 15 is 0 Å². The summed E-state index contributed by atoms with van der Waals surface area (Å²) in [6, 6.07) is 6.66. The van der Waals surface area contributed by atoms with E-state index in [0.717, 1.165) is 25.7 Å². The fourth-order valence-corrected chi connectivity index (χ4v) is 3.75. The number of nitrogens with zero attached hydrogens (tertiary/aromatic N) is 1. The van der Waals surface area contributed by atoms with Crippen molar-refractivity contribution >= 4 is 34.5 Å². The molecule has 0 radical (unpaired) electrons. The minimum absolute atomic E-state index is 0.0207. The Morgan fingerprint density at radius 2 is 1.89 bits per heavy atom. The fourth-order valence-electron chi connectivity index (χ4n) is 3.09. The number of hydrogen-bond acceptors (Lipinski definition) is 7. The number of anilines is 1. The van der Waals surface area contributed by atoms with Gasteiger partial charge in [0.1, 0.15) is 11.7 Å². The van der Waals surface area contributed by atoms with Crippen molar-refractivity contribution in [2.45, 2.75) is 45.1 Å². The Hall–Kier alpha value is -2.94. The van der Waals surface area contributed by atoms with Gasteiger partial charge in [0.15, 0.2) is 5.06 Å². The molecule has 1 aromatic carbocycles. The van der Waals surface area contributed by atoms with Crippen LogP contribution in [0.1, 0.15) is 44.6 Å². The fraction of sp³-hybridized carbons (Fsp3) is 0.368. The van der Waals surface area contributed by atoms with Gasteiger partial charge in [-0.2, -0.15) is 0 Å². The molecular weight excluding hydrogens is 382 g/mol. The third-order valence-electron chi connectivity index (χ3n) is 4.44. The second kappa shape index (κ2) is 8.83. The lowest BCUT2D eigenvalue weighted by Gasteiger charge is -2.21. The first-order valence-electron chi connectivity index (χ1n) is 9.02. The molecule has 1 fully saturated rings. The van der Waals surface area contributed by atoms with Crippen LogP contribution < -0.4 is 15.7 Å². The topological polar surface area (TPSA) is 121 Å². The number of amides is 1. The molecule has 0 atom stereocenters. The first-order chi connectivity index (χ1) is 13.4. The summed E-state index contributed by atoms with van der Waals surface area (Å²) in [5.74, 6) is 0. The number of aliphatic imine (C=N–C) groups is 1. The van der Waals surface area contributed by atoms with Crippen molar-refractivity contribution in [3.05, 3.63) is 49.9 Å². The number of aromatic amines is 1. The number of aromatic hydroxyl groups is 1. The number of H-pyrrole nitrogens is 1. The van der Waals surface area contributed by atoms with Crippen LogP contribution in [0.2, 0.25) is 0 Å². The maximum absolute atomic E-state index is 12.0. The Balaban J connectivity index is 1.67. The Labute approximate surface area is 164 Å². The summed E-state index contributed by atoms with van der Waals surface area (Å²) in [5, 5.41) is 12.2. The molecule has 9 heteroatoms. The molecule has 0 bridgehead atoms. The predicted molar refractivity (Wildman–Crippen MR) is 108 cm³/mol. The molecule has 8 nitrogen and oxygen atoms in total. The van der Waals surface area contributed by atoms with Gasteiger partial charge in [-0.05, 0) is 68.2 Å². The van der Waals surface area contributed by atoms with E-state index in [1.54, 1.807) is 31.2 Å². The van der Waals surface area contributed by atoms with E-state index in [1.807, 2.05) is 0 Å². The summed E-state index contributed by atoms with van der Waals surface area (Å²) >= 11 is 0.537. The molecule has 148 valence electrons. The summed E-state index contributed by atoms with van der Waals surface area (Å²) in [5.41, 5.74) is 0.635. The standard InChI is InChI=1S/C19H21N3O5S/c1-11(15-16(23)22-19(26)28-17(15)24)20-12-7-9-13(10-8-12)21-18(25)27-14-5-3-2-4-6-14/h7-10,14,24H,2-6H2,1H3,(H,21,25)(H,22,23,26). The maximum Gasteiger partial charge on any atom is 0.411 e. The maximum atomic E-state index is 12.0. The third-order valence-corrected chi connectivity index (χ3v) is 5.13. The third kappa shape index (κ3) is 5.07. The monoisotopic (exact) mass is 403 g/mol. The number of nitrogens with one attached hydrogen (secondary N) is 2. The lowest BCUT2D eigenvalue weighted by molar-refractivity contribution is 0.0865. The molecule has 3 N–H and O–H groups in total. The van der Waals surface area contributed by atoms with E-state index in [2.05, 4.69) is 15.3 Å². The van der Waals surface area contributed by atoms with Crippen molar-refractivity contribution in [1.82, 2.24) is 4.98 Å². The molecule has 0 spiro atoms. The molecule has 3 rings (SSSR count). The van der Waals surface area contributed by atoms with Gasteiger partial charge >= 0.3 is 11.0 Å². The average molecular weight is 403 g/mol. The Bertz CT molecular complexity index is 988. The van der Waals surface area contributed by atoms with Gasteiger partial charge in [0, 0.05) is 5.69 Å². The van der Waals surface area contributed by atoms with Crippen molar-refractivity contribution in [3.63, 3.8) is 0 Å². The smallest absolute Gasteiger partial charge is 0.411 e. The lowest BCUT2D eigenvalue weighted by atomic mass is 9.98. The van der Waals surface area contributed by atoms with Crippen LogP contribution in [0.25, 0.3) is 0 Å². The number of hydrogen-bond donors (Lipinski definition) is 3. The Morgan fingerprint density at radius 1 is 1.21 bits per heavy atom. The predicted octanol–water partition coefficient (Wildman–Crippen LogP) is 3.52. The largest absolute Gasteiger partial charge is 0.499 e. The zero-order chi connectivity index (χ0) is 20.1. The minimum atomic E-state index is -0.689. The van der Waals surface area contributed by atoms with E-state index < -0.39 is 16.5 Å². The molecule has 0 aliphatic heterocycles. The van der Waals surface area contributed by atoms with Crippen LogP contribution in [0.5, 0.6) is 5.06 Å². The summed E-state index contributed by atoms with van der Waals surface area (Å²) < 4.78 is 5.42. The first-order valence-corrected chi connectivity index (χ1v) is 9.84. The zero-order valence-corrected chi connectivity index (χ0v) is 16.2. The molecule has 2 aromatic rings. The van der Waals surface area contributed by atoms with Crippen molar-refractivity contribution in [3.8, 4) is 5.06 Å². The molecular formula is C19H21N3O5S. The normalized spacial score (nSPS) is 15.2. The summed E-state index contributed by atoms with van der Waals surface area (Å²) in [6.45, 7) is 1.56. The van der Waals surface area contributed by atoms with Gasteiger partial charge in [-0.25, -0.2) is 4.79 Å². The van der Waals surface area contributed by atoms with Crippen molar-refractivity contribution in [2.24, 2.45) is 4.99 Å². The van der Waals surface area contributed by atoms with E-state index in [9.17, 15) is 19.5 Å². The number of rotatable bonds is 4. The van der Waals surface area contributed by atoms with Crippen LogP contribution >= 0.6 is 11.3 Å². The highest BCUT2D eigenvalue weighted by Crippen LogP contribution is 2.22. The van der Waals surface area contributed by atoms with Gasteiger partial charge in [-0.3, -0.25) is 24.9 Å². The molecule has 1 aliphatic rings. The first kappa shape index (κ1) is 19.8. The average Bonchev–Trinajstić information content (AvgIpc) is 2.63. The van der Waals surface area contributed by atoms with Crippen molar-refractivity contribution in [2.75, 3.05) is 5.32 Å². The second-order valence-corrected chi connectivity index (χ2v) is 7.52. The molecule has 1 amide bonds. The molecule has 0 saturated heterocycles. The van der Waals surface area contributed by atoms with E-state index in [1.165, 1.54) is 6.42 Å². The van der Waals surface area contributed by atoms with Gasteiger partial charge in [0.05, 0.1) is 11.4 Å². The van der Waals surface area contributed by atoms with E-state index in [-0.39, 0.29) is 22.4 Å². The molecule has 28 heavy (non-hydrogen) atoms. The van der Waals surface area contributed by atoms with E-state index in [0.29, 0.717) is 22.7 Å². The van der Waals surface area contributed by atoms with Crippen LogP contribution in [0.15, 0.2) is 38.8 Å². The number of carbonyl (C=O) groups is 1. The van der Waals surface area contributed by atoms with Crippen LogP contribution in [0.3, 0.4) is 0 Å². The second-order valence-electron chi connectivity index (χ2n) is 6.56. The van der Waals surface area contributed by atoms with Gasteiger partial charge in [0.25, 0.3) is 5.56 Å². The van der Waals surface area contributed by atoms with Gasteiger partial charge in [0.2, 0.25) is 0 Å². The molecule has 1 saturated carbocycles. The number of aromatic nitrogens is 1. The van der Waals surface area contributed by atoms with Crippen molar-refractivity contribution < 1.29 is 14.6 Å². The number of ether oxygens (including phenoxy) is 1. The molecule has 1 aromatic heterocycles. The van der Waals surface area contributed by atoms with Gasteiger partial charge in [-0.15, -0.1) is 0 Å². The highest BCUT2D eigenvalue weighted by atomic mass is 32.1. The van der Waals surface area contributed by atoms with Crippen LogP contribution in [-0.4, -0.2) is 28.0 Å². The van der Waals surface area contributed by atoms with Crippen LogP contribution in [-0.2, 0) is 4.74 Å². The van der Waals surface area contributed by atoms with Crippen LogP contribution in [0, 0.1) is 0 Å². The highest BCUT2D eigenvalue weighted by Gasteiger charge is 2.17. The summed E-state index contributed by atoms with van der Waals surface area (Å²) in [4.78, 5) is 40.9. The molecule has 1 heterocycles. The quantitative estimate of drug-likeness (QED) is 0.675. The SMILES string of the molecule is CC(=Nc1ccc(NC(=O)OC2CCCCC2)cc1)c1c(O)sc(=O)[nH]c1=O. The Kier molecular flexibility index (Phi) is 6.25. The van der Waals surface area contributed by atoms with E-state index in [4.69, 9.17) is 4.74 Å². The molecule has 1 aliphatic carbocycles. The summed E-state index contributed by atoms with van der Waals surface area (Å²) in [6.07, 6.45) is 4.67. The highest BCUT2D eigenvalue weighted by molar-refractivity contribution is 7.11. The molecule has 0 unspecified atom stereocenters. The summed E-state index contributed by atoms with van der Waals surface area (Å²) in [7, 11) is 0. The minimum Gasteiger partial charge on any atom is -0.499 e. The zero-order valence-electron chi connectivity index (χ0n) is 15.4. The number of carbonyl (C=O) groups excluding carboxylic acids is 1. The van der Waals surface area contributed by atoms with Gasteiger partial charge < -0.3 is 9.84 Å². The van der Waals surface area contributed by atoms with Crippen LogP contribution in [0.4, 0.5) is 16.2 Å².